The largest absolute Gasteiger partial charge is 0.481 e. The van der Waals surface area contributed by atoms with Crippen molar-refractivity contribution in [3.05, 3.63) is 29.6 Å². The van der Waals surface area contributed by atoms with Gasteiger partial charge in [0.05, 0.1) is 6.54 Å². The van der Waals surface area contributed by atoms with Gasteiger partial charge in [-0.3, -0.25) is 4.79 Å². The number of nitrogens with one attached hydrogen (secondary N) is 1. The molecule has 1 aromatic rings. The number of hydrogen-bond acceptors (Lipinski definition) is 2. The summed E-state index contributed by atoms with van der Waals surface area (Å²) in [5.74, 6) is 1.92. The molecule has 1 N–H and O–H groups in total. The minimum Gasteiger partial charge on any atom is -0.481 e. The summed E-state index contributed by atoms with van der Waals surface area (Å²) in [5, 5.41) is 2.49. The summed E-state index contributed by atoms with van der Waals surface area (Å²) < 4.78 is 18.4. The lowest BCUT2D eigenvalue weighted by Crippen LogP contribution is -2.36. The average molecular weight is 235 g/mol. The van der Waals surface area contributed by atoms with E-state index in [2.05, 4.69) is 11.2 Å². The number of aryl methyl sites for hydroxylation is 1. The van der Waals surface area contributed by atoms with Crippen LogP contribution in [0.15, 0.2) is 18.2 Å². The molecule has 1 aromatic carbocycles. The number of carbonyl (C=O) groups excluding carboxylic acids is 1. The monoisotopic (exact) mass is 235 g/mol. The van der Waals surface area contributed by atoms with Crippen molar-refractivity contribution in [2.75, 3.05) is 6.54 Å². The van der Waals surface area contributed by atoms with E-state index in [4.69, 9.17) is 11.2 Å². The number of benzene rings is 1. The number of rotatable bonds is 4. The van der Waals surface area contributed by atoms with Crippen LogP contribution in [-0.4, -0.2) is 18.6 Å². The molecular weight excluding hydrogens is 221 g/mol. The van der Waals surface area contributed by atoms with Gasteiger partial charge >= 0.3 is 0 Å². The van der Waals surface area contributed by atoms with Crippen LogP contribution in [0.3, 0.4) is 0 Å². The molecule has 4 heteroatoms. The predicted octanol–water partition coefficient (Wildman–Crippen LogP) is 1.65. The van der Waals surface area contributed by atoms with Crippen LogP contribution in [0.5, 0.6) is 5.75 Å². The summed E-state index contributed by atoms with van der Waals surface area (Å²) in [5.41, 5.74) is 0.767. The topological polar surface area (TPSA) is 38.3 Å². The standard InChI is InChI=1S/C13H14FNO2/c1-4-7-15-13(16)10(3)17-12-8-11(14)6-5-9(12)2/h1,5-6,8,10H,7H2,2-3H3,(H,15,16). The van der Waals surface area contributed by atoms with Gasteiger partial charge in [0.2, 0.25) is 0 Å². The zero-order valence-corrected chi connectivity index (χ0v) is 9.79. The highest BCUT2D eigenvalue weighted by molar-refractivity contribution is 5.80. The fourth-order valence-electron chi connectivity index (χ4n) is 1.23. The highest BCUT2D eigenvalue weighted by Crippen LogP contribution is 2.19. The van der Waals surface area contributed by atoms with Gasteiger partial charge in [-0.2, -0.15) is 0 Å². The molecule has 1 rings (SSSR count). The highest BCUT2D eigenvalue weighted by Gasteiger charge is 2.15. The summed E-state index contributed by atoms with van der Waals surface area (Å²) >= 11 is 0. The first-order valence-electron chi connectivity index (χ1n) is 5.18. The van der Waals surface area contributed by atoms with Gasteiger partial charge < -0.3 is 10.1 Å². The average Bonchev–Trinajstić information content (AvgIpc) is 2.30. The minimum atomic E-state index is -0.719. The Balaban J connectivity index is 2.67. The molecule has 90 valence electrons. The predicted molar refractivity (Wildman–Crippen MR) is 63.1 cm³/mol. The molecule has 3 nitrogen and oxygen atoms in total. The van der Waals surface area contributed by atoms with Crippen LogP contribution in [0.25, 0.3) is 0 Å². The van der Waals surface area contributed by atoms with Gasteiger partial charge in [0, 0.05) is 6.07 Å². The van der Waals surface area contributed by atoms with Crippen molar-refractivity contribution < 1.29 is 13.9 Å². The number of carbonyl (C=O) groups is 1. The maximum absolute atomic E-state index is 13.0. The molecule has 1 unspecified atom stereocenters. The van der Waals surface area contributed by atoms with E-state index in [1.54, 1.807) is 19.9 Å². The number of ether oxygens (including phenoxy) is 1. The van der Waals surface area contributed by atoms with Crippen molar-refractivity contribution >= 4 is 5.91 Å². The number of amides is 1. The lowest BCUT2D eigenvalue weighted by molar-refractivity contribution is -0.127. The number of hydrogen-bond donors (Lipinski definition) is 1. The molecule has 0 radical (unpaired) electrons. The van der Waals surface area contributed by atoms with Crippen molar-refractivity contribution in [3.63, 3.8) is 0 Å². The van der Waals surface area contributed by atoms with E-state index in [0.717, 1.165) is 5.56 Å². The van der Waals surface area contributed by atoms with Gasteiger partial charge in [0.1, 0.15) is 11.6 Å². The third-order valence-corrected chi connectivity index (χ3v) is 2.19. The third kappa shape index (κ3) is 3.80. The fourth-order valence-corrected chi connectivity index (χ4v) is 1.23. The molecule has 0 saturated carbocycles. The van der Waals surface area contributed by atoms with Crippen LogP contribution in [0.4, 0.5) is 4.39 Å². The Bertz CT molecular complexity index is 451. The first-order valence-corrected chi connectivity index (χ1v) is 5.18. The normalized spacial score (nSPS) is 11.4. The molecule has 0 saturated heterocycles. The first-order chi connectivity index (χ1) is 8.04. The van der Waals surface area contributed by atoms with E-state index in [0.29, 0.717) is 5.75 Å². The molecule has 17 heavy (non-hydrogen) atoms. The number of halogens is 1. The molecule has 0 heterocycles. The second kappa shape index (κ2) is 5.90. The van der Waals surface area contributed by atoms with Crippen molar-refractivity contribution in [3.8, 4) is 18.1 Å². The summed E-state index contributed by atoms with van der Waals surface area (Å²) in [6.45, 7) is 3.51. The van der Waals surface area contributed by atoms with E-state index in [1.807, 2.05) is 0 Å². The quantitative estimate of drug-likeness (QED) is 0.806. The molecule has 0 aromatic heterocycles. The Hall–Kier alpha value is -2.02. The Morgan fingerprint density at radius 3 is 3.00 bits per heavy atom. The SMILES string of the molecule is C#CCNC(=O)C(C)Oc1cc(F)ccc1C. The van der Waals surface area contributed by atoms with Crippen LogP contribution < -0.4 is 10.1 Å². The van der Waals surface area contributed by atoms with Gasteiger partial charge in [-0.25, -0.2) is 4.39 Å². The van der Waals surface area contributed by atoms with Gasteiger partial charge in [0.15, 0.2) is 6.10 Å². The molecule has 1 atom stereocenters. The van der Waals surface area contributed by atoms with E-state index >= 15 is 0 Å². The lowest BCUT2D eigenvalue weighted by atomic mass is 10.2. The molecule has 0 aliphatic carbocycles. The van der Waals surface area contributed by atoms with Crippen LogP contribution in [-0.2, 0) is 4.79 Å². The lowest BCUT2D eigenvalue weighted by Gasteiger charge is -2.15. The van der Waals surface area contributed by atoms with Gasteiger partial charge in [0.25, 0.3) is 5.91 Å². The van der Waals surface area contributed by atoms with E-state index in [-0.39, 0.29) is 12.5 Å². The molecule has 0 spiro atoms. The van der Waals surface area contributed by atoms with Gasteiger partial charge in [-0.15, -0.1) is 6.42 Å². The first kappa shape index (κ1) is 13.0. The summed E-state index contributed by atoms with van der Waals surface area (Å²) in [7, 11) is 0. The summed E-state index contributed by atoms with van der Waals surface area (Å²) in [6, 6.07) is 4.18. The highest BCUT2D eigenvalue weighted by atomic mass is 19.1. The molecule has 0 bridgehead atoms. The number of terminal acetylenes is 1. The Labute approximate surface area is 100.0 Å². The van der Waals surface area contributed by atoms with Crippen LogP contribution in [0.2, 0.25) is 0 Å². The Morgan fingerprint density at radius 1 is 1.65 bits per heavy atom. The zero-order chi connectivity index (χ0) is 12.8. The zero-order valence-electron chi connectivity index (χ0n) is 9.79. The van der Waals surface area contributed by atoms with E-state index in [1.165, 1.54) is 12.1 Å². The van der Waals surface area contributed by atoms with Crippen molar-refractivity contribution in [2.24, 2.45) is 0 Å². The smallest absolute Gasteiger partial charge is 0.261 e. The van der Waals surface area contributed by atoms with Crippen LogP contribution >= 0.6 is 0 Å². The molecular formula is C13H14FNO2. The van der Waals surface area contributed by atoms with E-state index < -0.39 is 11.9 Å². The Kier molecular flexibility index (Phi) is 4.53. The Morgan fingerprint density at radius 2 is 2.35 bits per heavy atom. The third-order valence-electron chi connectivity index (χ3n) is 2.19. The minimum absolute atomic E-state index is 0.147. The van der Waals surface area contributed by atoms with Gasteiger partial charge in [-0.1, -0.05) is 12.0 Å². The van der Waals surface area contributed by atoms with Crippen molar-refractivity contribution in [2.45, 2.75) is 20.0 Å². The van der Waals surface area contributed by atoms with Crippen LogP contribution in [0.1, 0.15) is 12.5 Å². The second-order valence-corrected chi connectivity index (χ2v) is 3.59. The van der Waals surface area contributed by atoms with Crippen molar-refractivity contribution in [1.82, 2.24) is 5.32 Å². The maximum Gasteiger partial charge on any atom is 0.261 e. The summed E-state index contributed by atoms with van der Waals surface area (Å²) in [6.07, 6.45) is 4.30. The molecule has 1 amide bonds. The summed E-state index contributed by atoms with van der Waals surface area (Å²) in [4.78, 5) is 11.5. The van der Waals surface area contributed by atoms with Crippen molar-refractivity contribution in [1.29, 1.82) is 0 Å². The maximum atomic E-state index is 13.0. The second-order valence-electron chi connectivity index (χ2n) is 3.59. The molecule has 0 aliphatic heterocycles. The van der Waals surface area contributed by atoms with E-state index in [9.17, 15) is 9.18 Å². The molecule has 0 fully saturated rings. The fraction of sp³-hybridized carbons (Fsp3) is 0.308. The van der Waals surface area contributed by atoms with Gasteiger partial charge in [-0.05, 0) is 25.5 Å². The van der Waals surface area contributed by atoms with Crippen LogP contribution in [0, 0.1) is 25.1 Å². The molecule has 0 aliphatic rings.